The summed E-state index contributed by atoms with van der Waals surface area (Å²) in [6, 6.07) is 4.00. The zero-order chi connectivity index (χ0) is 22.7. The summed E-state index contributed by atoms with van der Waals surface area (Å²) in [5.74, 6) is 0.0276. The Hall–Kier alpha value is -2.79. The van der Waals surface area contributed by atoms with Gasteiger partial charge in [-0.15, -0.1) is 0 Å². The Bertz CT molecular complexity index is 1080. The molecule has 0 radical (unpaired) electrons. The first kappa shape index (κ1) is 22.9. The van der Waals surface area contributed by atoms with Crippen LogP contribution in [0, 0.1) is 0 Å². The largest absolute Gasteiger partial charge is 0.492 e. The van der Waals surface area contributed by atoms with Gasteiger partial charge >= 0.3 is 12.0 Å². The van der Waals surface area contributed by atoms with Crippen LogP contribution in [0.1, 0.15) is 28.8 Å². The molecule has 0 saturated carbocycles. The molecular weight excluding hydrogens is 540 g/mol. The molecule has 0 aliphatic carbocycles. The van der Waals surface area contributed by atoms with E-state index < -0.39 is 17.9 Å². The number of hydrogen-bond donors (Lipinski definition) is 1. The van der Waals surface area contributed by atoms with Crippen molar-refractivity contribution in [3.63, 3.8) is 0 Å². The van der Waals surface area contributed by atoms with Crippen LogP contribution in [0.2, 0.25) is 0 Å². The summed E-state index contributed by atoms with van der Waals surface area (Å²) >= 11 is 6.92. The van der Waals surface area contributed by atoms with Gasteiger partial charge in [-0.2, -0.15) is 0 Å². The Morgan fingerprint density at radius 2 is 1.97 bits per heavy atom. The number of carbonyl (C=O) groups excluding carboxylic acids is 3. The summed E-state index contributed by atoms with van der Waals surface area (Å²) in [7, 11) is 2.75. The van der Waals surface area contributed by atoms with Crippen LogP contribution >= 0.6 is 31.9 Å². The second-order valence-corrected chi connectivity index (χ2v) is 7.78. The van der Waals surface area contributed by atoms with Gasteiger partial charge in [-0.05, 0) is 68.6 Å². The number of urea groups is 1. The Morgan fingerprint density at radius 3 is 2.61 bits per heavy atom. The van der Waals surface area contributed by atoms with Gasteiger partial charge in [0.1, 0.15) is 11.5 Å². The third kappa shape index (κ3) is 4.62. The molecule has 11 heteroatoms. The summed E-state index contributed by atoms with van der Waals surface area (Å²) in [5.41, 5.74) is 0.664. The SMILES string of the molecule is CCOc1cc(/C=C2\NC(=O)N(Cc3ccc(C(=O)OC)o3)C2=O)c(Br)c(Br)c1OC. The van der Waals surface area contributed by atoms with Gasteiger partial charge < -0.3 is 23.9 Å². The van der Waals surface area contributed by atoms with Crippen LogP contribution in [0.4, 0.5) is 4.79 Å². The molecule has 2 heterocycles. The van der Waals surface area contributed by atoms with Crippen LogP contribution < -0.4 is 14.8 Å². The highest BCUT2D eigenvalue weighted by atomic mass is 79.9. The zero-order valence-corrected chi connectivity index (χ0v) is 20.0. The number of hydrogen-bond acceptors (Lipinski definition) is 7. The topological polar surface area (TPSA) is 107 Å². The molecule has 1 aliphatic heterocycles. The lowest BCUT2D eigenvalue weighted by molar-refractivity contribution is -0.123. The van der Waals surface area contributed by atoms with Crippen LogP contribution in [0.3, 0.4) is 0 Å². The van der Waals surface area contributed by atoms with Gasteiger partial charge in [0.25, 0.3) is 5.91 Å². The highest BCUT2D eigenvalue weighted by Crippen LogP contribution is 2.43. The molecule has 1 saturated heterocycles. The summed E-state index contributed by atoms with van der Waals surface area (Å²) in [5, 5.41) is 2.55. The second kappa shape index (κ2) is 9.56. The third-order valence-corrected chi connectivity index (χ3v) is 6.43. The Balaban J connectivity index is 1.88. The number of nitrogens with one attached hydrogen (secondary N) is 1. The van der Waals surface area contributed by atoms with E-state index in [0.29, 0.717) is 32.6 Å². The van der Waals surface area contributed by atoms with Crippen LogP contribution in [-0.2, 0) is 16.1 Å². The normalized spacial score (nSPS) is 14.7. The number of amides is 3. The fourth-order valence-corrected chi connectivity index (χ4v) is 3.86. The monoisotopic (exact) mass is 556 g/mol. The molecule has 1 fully saturated rings. The highest BCUT2D eigenvalue weighted by Gasteiger charge is 2.34. The van der Waals surface area contributed by atoms with Crippen molar-refractivity contribution in [1.29, 1.82) is 0 Å². The average molecular weight is 558 g/mol. The molecule has 0 atom stereocenters. The highest BCUT2D eigenvalue weighted by molar-refractivity contribution is 9.13. The lowest BCUT2D eigenvalue weighted by Gasteiger charge is -2.14. The number of imide groups is 1. The van der Waals surface area contributed by atoms with Crippen molar-refractivity contribution in [2.75, 3.05) is 20.8 Å². The summed E-state index contributed by atoms with van der Waals surface area (Å²) < 4.78 is 22.1. The third-order valence-electron chi connectivity index (χ3n) is 4.28. The van der Waals surface area contributed by atoms with Crippen molar-refractivity contribution < 1.29 is 33.0 Å². The van der Waals surface area contributed by atoms with Gasteiger partial charge in [0.05, 0.1) is 31.8 Å². The molecule has 0 unspecified atom stereocenters. The van der Waals surface area contributed by atoms with E-state index in [-0.39, 0.29) is 23.8 Å². The molecule has 1 aromatic carbocycles. The van der Waals surface area contributed by atoms with Crippen molar-refractivity contribution in [1.82, 2.24) is 10.2 Å². The number of esters is 1. The molecule has 0 spiro atoms. The maximum atomic E-state index is 12.8. The number of benzene rings is 1. The van der Waals surface area contributed by atoms with Gasteiger partial charge in [-0.25, -0.2) is 9.59 Å². The van der Waals surface area contributed by atoms with Crippen LogP contribution in [0.15, 0.2) is 37.3 Å². The van der Waals surface area contributed by atoms with E-state index >= 15 is 0 Å². The van der Waals surface area contributed by atoms with Gasteiger partial charge in [-0.3, -0.25) is 9.69 Å². The lowest BCUT2D eigenvalue weighted by atomic mass is 10.1. The molecule has 31 heavy (non-hydrogen) atoms. The average Bonchev–Trinajstić information content (AvgIpc) is 3.32. The Kier molecular flexibility index (Phi) is 7.06. The summed E-state index contributed by atoms with van der Waals surface area (Å²) in [4.78, 5) is 37.7. The van der Waals surface area contributed by atoms with Crippen molar-refractivity contribution in [2.24, 2.45) is 0 Å². The number of rotatable bonds is 7. The van der Waals surface area contributed by atoms with Crippen molar-refractivity contribution >= 4 is 55.8 Å². The first-order valence-corrected chi connectivity index (χ1v) is 10.6. The molecule has 1 aromatic heterocycles. The summed E-state index contributed by atoms with van der Waals surface area (Å²) in [6.45, 7) is 2.11. The molecular formula is C20H18Br2N2O7. The quantitative estimate of drug-likeness (QED) is 0.310. The first-order valence-electron chi connectivity index (χ1n) is 9.01. The van der Waals surface area contributed by atoms with E-state index in [2.05, 4.69) is 41.9 Å². The number of ether oxygens (including phenoxy) is 3. The Labute approximate surface area is 194 Å². The van der Waals surface area contributed by atoms with Crippen LogP contribution in [0.5, 0.6) is 11.5 Å². The number of nitrogens with zero attached hydrogens (tertiary/aromatic N) is 1. The van der Waals surface area contributed by atoms with Gasteiger partial charge in [0.15, 0.2) is 11.5 Å². The predicted molar refractivity (Wildman–Crippen MR) is 117 cm³/mol. The lowest BCUT2D eigenvalue weighted by Crippen LogP contribution is -2.30. The molecule has 0 bridgehead atoms. The van der Waals surface area contributed by atoms with E-state index in [4.69, 9.17) is 13.9 Å². The molecule has 1 N–H and O–H groups in total. The van der Waals surface area contributed by atoms with E-state index in [0.717, 1.165) is 4.90 Å². The van der Waals surface area contributed by atoms with E-state index in [1.165, 1.54) is 32.4 Å². The first-order chi connectivity index (χ1) is 14.8. The minimum atomic E-state index is -0.649. The Morgan fingerprint density at radius 1 is 1.23 bits per heavy atom. The predicted octanol–water partition coefficient (Wildman–Crippen LogP) is 4.09. The zero-order valence-electron chi connectivity index (χ0n) is 16.8. The van der Waals surface area contributed by atoms with E-state index in [1.807, 2.05) is 6.92 Å². The van der Waals surface area contributed by atoms with Crippen LogP contribution in [0.25, 0.3) is 6.08 Å². The minimum absolute atomic E-state index is 0.0178. The fraction of sp³-hybridized carbons (Fsp3) is 0.250. The molecule has 3 amide bonds. The van der Waals surface area contributed by atoms with Crippen molar-refractivity contribution in [3.8, 4) is 11.5 Å². The maximum Gasteiger partial charge on any atom is 0.373 e. The van der Waals surface area contributed by atoms with E-state index in [1.54, 1.807) is 6.07 Å². The molecule has 1 aliphatic rings. The molecule has 164 valence electrons. The standard InChI is InChI=1S/C20H18Br2N2O7/c1-4-30-14-8-10(15(21)16(22)17(14)28-2)7-12-18(25)24(20(27)23-12)9-11-5-6-13(31-11)19(26)29-3/h5-8H,4,9H2,1-3H3,(H,23,27)/b12-7-. The summed E-state index contributed by atoms with van der Waals surface area (Å²) in [6.07, 6.45) is 1.53. The fourth-order valence-electron chi connectivity index (χ4n) is 2.86. The molecule has 3 rings (SSSR count). The van der Waals surface area contributed by atoms with Gasteiger partial charge in [0.2, 0.25) is 5.76 Å². The number of halogens is 2. The van der Waals surface area contributed by atoms with Gasteiger partial charge in [-0.1, -0.05) is 0 Å². The van der Waals surface area contributed by atoms with Crippen molar-refractivity contribution in [3.05, 3.63) is 49.9 Å². The van der Waals surface area contributed by atoms with Gasteiger partial charge in [0, 0.05) is 4.47 Å². The number of carbonyl (C=O) groups is 3. The second-order valence-electron chi connectivity index (χ2n) is 6.20. The minimum Gasteiger partial charge on any atom is -0.492 e. The number of methoxy groups -OCH3 is 2. The van der Waals surface area contributed by atoms with Crippen molar-refractivity contribution in [2.45, 2.75) is 13.5 Å². The maximum absolute atomic E-state index is 12.8. The number of furan rings is 1. The van der Waals surface area contributed by atoms with Crippen LogP contribution in [-0.4, -0.2) is 43.6 Å². The smallest absolute Gasteiger partial charge is 0.373 e. The molecule has 9 nitrogen and oxygen atoms in total. The van der Waals surface area contributed by atoms with E-state index in [9.17, 15) is 14.4 Å². The molecule has 2 aromatic rings.